The van der Waals surface area contributed by atoms with Crippen molar-refractivity contribution in [1.82, 2.24) is 13.5 Å². The van der Waals surface area contributed by atoms with Crippen molar-refractivity contribution < 1.29 is 4.74 Å². The van der Waals surface area contributed by atoms with Gasteiger partial charge in [0.05, 0.1) is 31.6 Å². The Kier molecular flexibility index (Phi) is 5.48. The second-order valence-electron chi connectivity index (χ2n) is 7.56. The van der Waals surface area contributed by atoms with Gasteiger partial charge in [-0.2, -0.15) is 0 Å². The summed E-state index contributed by atoms with van der Waals surface area (Å²) in [6, 6.07) is 13.3. The maximum atomic E-state index is 12.8. The smallest absolute Gasteiger partial charge is 0.251 e. The van der Waals surface area contributed by atoms with Crippen LogP contribution in [0.4, 0.5) is 5.69 Å². The second-order valence-corrected chi connectivity index (χ2v) is 8.43. The zero-order valence-corrected chi connectivity index (χ0v) is 18.4. The number of hydrogen-bond acceptors (Lipinski definition) is 5. The highest BCUT2D eigenvalue weighted by Crippen LogP contribution is 2.32. The molecule has 31 heavy (non-hydrogen) atoms. The van der Waals surface area contributed by atoms with Gasteiger partial charge >= 0.3 is 0 Å². The van der Waals surface area contributed by atoms with Crippen LogP contribution in [0, 0.1) is 0 Å². The van der Waals surface area contributed by atoms with Crippen molar-refractivity contribution in [3.8, 4) is 11.1 Å². The number of benzene rings is 1. The molecule has 1 aromatic carbocycles. The van der Waals surface area contributed by atoms with E-state index in [9.17, 15) is 4.79 Å². The maximum Gasteiger partial charge on any atom is 0.251 e. The number of rotatable bonds is 4. The van der Waals surface area contributed by atoms with Crippen molar-refractivity contribution in [2.45, 2.75) is 6.54 Å². The number of halogens is 1. The topological polar surface area (TPSA) is 52.3 Å². The summed E-state index contributed by atoms with van der Waals surface area (Å²) in [6.07, 6.45) is 5.60. The van der Waals surface area contributed by atoms with Gasteiger partial charge in [-0.3, -0.25) is 8.77 Å². The van der Waals surface area contributed by atoms with Crippen LogP contribution in [0.15, 0.2) is 65.8 Å². The van der Waals surface area contributed by atoms with Crippen LogP contribution < -0.4 is 10.5 Å². The number of morpholine rings is 1. The quantitative estimate of drug-likeness (QED) is 0.474. The second kappa shape index (κ2) is 8.42. The molecule has 4 aromatic rings. The molecule has 4 heterocycles. The minimum Gasteiger partial charge on any atom is -0.378 e. The van der Waals surface area contributed by atoms with Gasteiger partial charge < -0.3 is 14.2 Å². The summed E-state index contributed by atoms with van der Waals surface area (Å²) >= 11 is 10.5. The zero-order valence-electron chi connectivity index (χ0n) is 16.7. The first-order valence-corrected chi connectivity index (χ1v) is 10.8. The lowest BCUT2D eigenvalue weighted by Gasteiger charge is -2.28. The molecular weight excluding hydrogens is 432 g/mol. The molecule has 0 amide bonds. The lowest BCUT2D eigenvalue weighted by atomic mass is 10.1. The van der Waals surface area contributed by atoms with Gasteiger partial charge in [0.1, 0.15) is 0 Å². The Morgan fingerprint density at radius 3 is 2.61 bits per heavy atom. The number of pyridine rings is 2. The van der Waals surface area contributed by atoms with Gasteiger partial charge in [0.2, 0.25) is 0 Å². The molecule has 8 heteroatoms. The Balaban J connectivity index is 1.50. The fraction of sp³-hybridized carbons (Fsp3) is 0.217. The average molecular weight is 453 g/mol. The monoisotopic (exact) mass is 452 g/mol. The Hall–Kier alpha value is -2.74. The molecular formula is C23H21ClN4O2S. The van der Waals surface area contributed by atoms with Crippen LogP contribution in [0.5, 0.6) is 0 Å². The van der Waals surface area contributed by atoms with Crippen molar-refractivity contribution in [3.05, 3.63) is 82.0 Å². The highest BCUT2D eigenvalue weighted by molar-refractivity contribution is 7.78. The van der Waals surface area contributed by atoms with Gasteiger partial charge in [0.15, 0.2) is 5.65 Å². The van der Waals surface area contributed by atoms with Crippen molar-refractivity contribution >= 4 is 41.1 Å². The van der Waals surface area contributed by atoms with E-state index < -0.39 is 0 Å². The van der Waals surface area contributed by atoms with Gasteiger partial charge in [-0.05, 0) is 35.4 Å². The van der Waals surface area contributed by atoms with E-state index in [4.69, 9.17) is 16.3 Å². The third kappa shape index (κ3) is 4.08. The molecule has 1 fully saturated rings. The molecule has 1 aliphatic heterocycles. The molecule has 0 unspecified atom stereocenters. The highest BCUT2D eigenvalue weighted by Gasteiger charge is 2.16. The number of hydrogen-bond donors (Lipinski definition) is 1. The summed E-state index contributed by atoms with van der Waals surface area (Å²) in [7, 11) is 0. The van der Waals surface area contributed by atoms with E-state index in [2.05, 4.69) is 28.8 Å². The van der Waals surface area contributed by atoms with E-state index in [0.717, 1.165) is 46.5 Å². The van der Waals surface area contributed by atoms with E-state index in [1.54, 1.807) is 14.6 Å². The van der Waals surface area contributed by atoms with Gasteiger partial charge in [0, 0.05) is 47.5 Å². The number of ether oxygens (including phenoxy) is 1. The van der Waals surface area contributed by atoms with E-state index >= 15 is 0 Å². The van der Waals surface area contributed by atoms with Crippen LogP contribution in [0.2, 0.25) is 5.02 Å². The molecule has 5 rings (SSSR count). The SMILES string of the molecule is O=c1cc(-c2cn(S)c3ncc(N4CCOCC4)cc23)ccn1Cc1ccc(Cl)cc1. The minimum atomic E-state index is -0.0650. The molecule has 0 aliphatic carbocycles. The van der Waals surface area contributed by atoms with Crippen LogP contribution in [-0.4, -0.2) is 39.8 Å². The van der Waals surface area contributed by atoms with Crippen molar-refractivity contribution in [2.75, 3.05) is 31.2 Å². The fourth-order valence-electron chi connectivity index (χ4n) is 3.90. The van der Waals surface area contributed by atoms with Crippen LogP contribution in [0.1, 0.15) is 5.56 Å². The lowest BCUT2D eigenvalue weighted by molar-refractivity contribution is 0.122. The van der Waals surface area contributed by atoms with Gasteiger partial charge in [-0.25, -0.2) is 4.98 Å². The summed E-state index contributed by atoms with van der Waals surface area (Å²) in [5, 5.41) is 1.65. The molecule has 0 saturated carbocycles. The summed E-state index contributed by atoms with van der Waals surface area (Å²) in [4.78, 5) is 19.7. The highest BCUT2D eigenvalue weighted by atomic mass is 35.5. The largest absolute Gasteiger partial charge is 0.378 e. The Morgan fingerprint density at radius 2 is 1.87 bits per heavy atom. The number of fused-ring (bicyclic) bond motifs is 1. The zero-order chi connectivity index (χ0) is 21.4. The molecule has 1 aliphatic rings. The summed E-state index contributed by atoms with van der Waals surface area (Å²) < 4.78 is 8.84. The molecule has 158 valence electrons. The standard InChI is InChI=1S/C23H21ClN4O2S/c24-18-3-1-16(2-4-18)14-27-6-5-17(11-22(27)29)21-15-28(31)23-20(21)12-19(13-25-23)26-7-9-30-10-8-26/h1-6,11-13,15,31H,7-10,14H2. The molecule has 0 atom stereocenters. The summed E-state index contributed by atoms with van der Waals surface area (Å²) in [5.74, 6) is 0. The first kappa shape index (κ1) is 20.2. The molecule has 0 spiro atoms. The molecule has 1 saturated heterocycles. The maximum absolute atomic E-state index is 12.8. The van der Waals surface area contributed by atoms with E-state index in [1.807, 2.05) is 48.9 Å². The Bertz CT molecular complexity index is 1290. The van der Waals surface area contributed by atoms with Crippen LogP contribution >= 0.6 is 24.4 Å². The molecule has 0 bridgehead atoms. The molecule has 3 aromatic heterocycles. The number of aromatic nitrogens is 3. The first-order valence-electron chi connectivity index (χ1n) is 10.1. The summed E-state index contributed by atoms with van der Waals surface area (Å²) in [6.45, 7) is 3.59. The van der Waals surface area contributed by atoms with E-state index in [-0.39, 0.29) is 5.56 Å². The van der Waals surface area contributed by atoms with E-state index in [1.165, 1.54) is 0 Å². The molecule has 0 radical (unpaired) electrons. The van der Waals surface area contributed by atoms with Gasteiger partial charge in [-0.15, -0.1) is 0 Å². The lowest BCUT2D eigenvalue weighted by Crippen LogP contribution is -2.36. The van der Waals surface area contributed by atoms with Crippen LogP contribution in [-0.2, 0) is 11.3 Å². The normalized spacial score (nSPS) is 14.3. The predicted octanol–water partition coefficient (Wildman–Crippen LogP) is 4.10. The minimum absolute atomic E-state index is 0.0650. The summed E-state index contributed by atoms with van der Waals surface area (Å²) in [5.41, 5.74) is 4.54. The van der Waals surface area contributed by atoms with Gasteiger partial charge in [-0.1, -0.05) is 36.5 Å². The van der Waals surface area contributed by atoms with Gasteiger partial charge in [0.25, 0.3) is 5.56 Å². The Morgan fingerprint density at radius 1 is 1.10 bits per heavy atom. The molecule has 0 N–H and O–H groups in total. The number of nitrogens with zero attached hydrogens (tertiary/aromatic N) is 4. The number of anilines is 1. The predicted molar refractivity (Wildman–Crippen MR) is 127 cm³/mol. The fourth-order valence-corrected chi connectivity index (χ4v) is 4.30. The first-order chi connectivity index (χ1) is 15.1. The third-order valence-electron chi connectivity index (χ3n) is 5.56. The van der Waals surface area contributed by atoms with Crippen molar-refractivity contribution in [2.24, 2.45) is 0 Å². The van der Waals surface area contributed by atoms with Crippen molar-refractivity contribution in [3.63, 3.8) is 0 Å². The van der Waals surface area contributed by atoms with Crippen LogP contribution in [0.3, 0.4) is 0 Å². The third-order valence-corrected chi connectivity index (χ3v) is 6.12. The van der Waals surface area contributed by atoms with Crippen LogP contribution in [0.25, 0.3) is 22.2 Å². The van der Waals surface area contributed by atoms with Crippen molar-refractivity contribution in [1.29, 1.82) is 0 Å². The Labute approximate surface area is 190 Å². The number of thiol groups is 1. The molecule has 6 nitrogen and oxygen atoms in total. The van der Waals surface area contributed by atoms with E-state index in [0.29, 0.717) is 24.8 Å². The average Bonchev–Trinajstić information content (AvgIpc) is 3.13.